The van der Waals surface area contributed by atoms with E-state index in [4.69, 9.17) is 4.74 Å². The fraction of sp³-hybridized carbons (Fsp3) is 0.929. The highest BCUT2D eigenvalue weighted by Crippen LogP contribution is 2.29. The lowest BCUT2D eigenvalue weighted by Crippen LogP contribution is -2.58. The van der Waals surface area contributed by atoms with E-state index in [2.05, 4.69) is 24.1 Å². The highest BCUT2D eigenvalue weighted by molar-refractivity contribution is 5.80. The van der Waals surface area contributed by atoms with Crippen molar-refractivity contribution < 1.29 is 9.53 Å². The number of carbonyl (C=O) groups excluding carboxylic acids is 1. The van der Waals surface area contributed by atoms with Crippen LogP contribution >= 0.6 is 0 Å². The van der Waals surface area contributed by atoms with Crippen molar-refractivity contribution in [2.45, 2.75) is 52.1 Å². The summed E-state index contributed by atoms with van der Waals surface area (Å²) in [6.07, 6.45) is 2.52. The Hall–Kier alpha value is -0.610. The van der Waals surface area contributed by atoms with E-state index in [9.17, 15) is 4.79 Å². The van der Waals surface area contributed by atoms with Gasteiger partial charge in [-0.05, 0) is 32.2 Å². The summed E-state index contributed by atoms with van der Waals surface area (Å²) >= 11 is 0. The summed E-state index contributed by atoms with van der Waals surface area (Å²) in [5.41, 5.74) is -0.596. The minimum absolute atomic E-state index is 0.168. The summed E-state index contributed by atoms with van der Waals surface area (Å²) in [4.78, 5) is 14.4. The number of nitrogens with zero attached hydrogens (tertiary/aromatic N) is 1. The standard InChI is InChI=1S/C14H28N2O2/c1-6-15-14(4,13(17)18-5)10-16(9-11(2)3)12-7-8-12/h11-12,15H,6-10H2,1-5H3. The Kier molecular flexibility index (Phi) is 5.60. The number of esters is 1. The van der Waals surface area contributed by atoms with Gasteiger partial charge >= 0.3 is 5.97 Å². The number of hydrogen-bond donors (Lipinski definition) is 1. The third-order valence-electron chi connectivity index (χ3n) is 3.39. The van der Waals surface area contributed by atoms with Gasteiger partial charge in [0.1, 0.15) is 5.54 Å². The van der Waals surface area contributed by atoms with Crippen LogP contribution in [0.25, 0.3) is 0 Å². The Balaban J connectivity index is 2.69. The number of nitrogens with one attached hydrogen (secondary N) is 1. The molecule has 0 aliphatic heterocycles. The van der Waals surface area contributed by atoms with E-state index in [-0.39, 0.29) is 5.97 Å². The topological polar surface area (TPSA) is 41.6 Å². The van der Waals surface area contributed by atoms with Crippen LogP contribution in [0, 0.1) is 5.92 Å². The number of methoxy groups -OCH3 is 1. The van der Waals surface area contributed by atoms with Crippen LogP contribution < -0.4 is 5.32 Å². The lowest BCUT2D eigenvalue weighted by molar-refractivity contribution is -0.148. The Morgan fingerprint density at radius 2 is 2.11 bits per heavy atom. The van der Waals surface area contributed by atoms with Crippen molar-refractivity contribution in [2.24, 2.45) is 5.92 Å². The lowest BCUT2D eigenvalue weighted by atomic mass is 10.0. The molecular weight excluding hydrogens is 228 g/mol. The summed E-state index contributed by atoms with van der Waals surface area (Å²) in [5, 5.41) is 3.28. The molecule has 0 heterocycles. The second kappa shape index (κ2) is 6.53. The van der Waals surface area contributed by atoms with Gasteiger partial charge in [-0.2, -0.15) is 0 Å². The maximum Gasteiger partial charge on any atom is 0.327 e. The summed E-state index contributed by atoms with van der Waals surface area (Å²) in [6.45, 7) is 10.9. The van der Waals surface area contributed by atoms with Crippen molar-refractivity contribution >= 4 is 5.97 Å². The molecule has 18 heavy (non-hydrogen) atoms. The van der Waals surface area contributed by atoms with Gasteiger partial charge in [0, 0.05) is 19.1 Å². The average molecular weight is 256 g/mol. The van der Waals surface area contributed by atoms with Crippen LogP contribution in [0.1, 0.15) is 40.5 Å². The Morgan fingerprint density at radius 3 is 2.50 bits per heavy atom. The first kappa shape index (κ1) is 15.4. The van der Waals surface area contributed by atoms with Gasteiger partial charge in [-0.15, -0.1) is 0 Å². The van der Waals surface area contributed by atoms with E-state index in [0.29, 0.717) is 12.0 Å². The third kappa shape index (κ3) is 4.25. The Morgan fingerprint density at radius 1 is 1.50 bits per heavy atom. The van der Waals surface area contributed by atoms with Gasteiger partial charge in [0.15, 0.2) is 0 Å². The van der Waals surface area contributed by atoms with E-state index < -0.39 is 5.54 Å². The van der Waals surface area contributed by atoms with E-state index in [1.807, 2.05) is 13.8 Å². The molecule has 0 saturated heterocycles. The van der Waals surface area contributed by atoms with Crippen LogP contribution in [0.4, 0.5) is 0 Å². The van der Waals surface area contributed by atoms with E-state index in [0.717, 1.165) is 19.6 Å². The maximum atomic E-state index is 12.0. The predicted molar refractivity (Wildman–Crippen MR) is 73.5 cm³/mol. The fourth-order valence-corrected chi connectivity index (χ4v) is 2.47. The van der Waals surface area contributed by atoms with Crippen LogP contribution in [0.15, 0.2) is 0 Å². The molecule has 0 aromatic rings. The third-order valence-corrected chi connectivity index (χ3v) is 3.39. The molecule has 0 bridgehead atoms. The van der Waals surface area contributed by atoms with Gasteiger partial charge in [-0.1, -0.05) is 20.8 Å². The van der Waals surface area contributed by atoms with Gasteiger partial charge in [0.2, 0.25) is 0 Å². The molecule has 0 radical (unpaired) electrons. The van der Waals surface area contributed by atoms with Crippen LogP contribution in [0.2, 0.25) is 0 Å². The SMILES string of the molecule is CCNC(C)(CN(CC(C)C)C1CC1)C(=O)OC. The first-order valence-electron chi connectivity index (χ1n) is 7.00. The second-order valence-electron chi connectivity index (χ2n) is 5.91. The average Bonchev–Trinajstić information content (AvgIpc) is 3.10. The van der Waals surface area contributed by atoms with Crippen molar-refractivity contribution in [1.29, 1.82) is 0 Å². The number of likely N-dealkylation sites (N-methyl/N-ethyl adjacent to an activating group) is 1. The molecule has 1 fully saturated rings. The molecule has 0 amide bonds. The molecule has 1 aliphatic carbocycles. The molecule has 4 heteroatoms. The zero-order chi connectivity index (χ0) is 13.8. The minimum atomic E-state index is -0.596. The Labute approximate surface area is 111 Å². The van der Waals surface area contributed by atoms with Crippen LogP contribution in [0.3, 0.4) is 0 Å². The van der Waals surface area contributed by atoms with Crippen molar-refractivity contribution in [3.05, 3.63) is 0 Å². The van der Waals surface area contributed by atoms with Crippen molar-refractivity contribution in [1.82, 2.24) is 10.2 Å². The number of rotatable bonds is 8. The first-order chi connectivity index (χ1) is 8.42. The van der Waals surface area contributed by atoms with Gasteiger partial charge in [-0.25, -0.2) is 0 Å². The normalized spacial score (nSPS) is 19.1. The molecule has 106 valence electrons. The number of hydrogen-bond acceptors (Lipinski definition) is 4. The maximum absolute atomic E-state index is 12.0. The highest BCUT2D eigenvalue weighted by atomic mass is 16.5. The molecule has 0 aromatic heterocycles. The van der Waals surface area contributed by atoms with Crippen molar-refractivity contribution in [3.63, 3.8) is 0 Å². The molecule has 0 spiro atoms. The fourth-order valence-electron chi connectivity index (χ4n) is 2.47. The summed E-state index contributed by atoms with van der Waals surface area (Å²) in [6, 6.07) is 0.662. The molecule has 1 N–H and O–H groups in total. The van der Waals surface area contributed by atoms with Gasteiger partial charge < -0.3 is 10.1 Å². The lowest BCUT2D eigenvalue weighted by Gasteiger charge is -2.35. The largest absolute Gasteiger partial charge is 0.468 e. The predicted octanol–water partition coefficient (Wildman–Crippen LogP) is 1.65. The monoisotopic (exact) mass is 256 g/mol. The molecule has 0 aromatic carbocycles. The summed E-state index contributed by atoms with van der Waals surface area (Å²) in [5.74, 6) is 0.452. The van der Waals surface area contributed by atoms with Gasteiger partial charge in [0.25, 0.3) is 0 Å². The first-order valence-corrected chi connectivity index (χ1v) is 7.00. The van der Waals surface area contributed by atoms with E-state index in [1.54, 1.807) is 0 Å². The zero-order valence-electron chi connectivity index (χ0n) is 12.5. The minimum Gasteiger partial charge on any atom is -0.468 e. The van der Waals surface area contributed by atoms with Gasteiger partial charge in [-0.3, -0.25) is 9.69 Å². The quantitative estimate of drug-likeness (QED) is 0.671. The molecular formula is C14H28N2O2. The molecule has 1 saturated carbocycles. The van der Waals surface area contributed by atoms with Gasteiger partial charge in [0.05, 0.1) is 7.11 Å². The second-order valence-corrected chi connectivity index (χ2v) is 5.91. The summed E-state index contributed by atoms with van der Waals surface area (Å²) < 4.78 is 4.95. The van der Waals surface area contributed by atoms with Crippen LogP contribution in [-0.2, 0) is 9.53 Å². The molecule has 1 atom stereocenters. The summed E-state index contributed by atoms with van der Waals surface area (Å²) in [7, 11) is 1.46. The highest BCUT2D eigenvalue weighted by Gasteiger charge is 2.39. The van der Waals surface area contributed by atoms with E-state index >= 15 is 0 Å². The zero-order valence-corrected chi connectivity index (χ0v) is 12.5. The van der Waals surface area contributed by atoms with Crippen LogP contribution in [-0.4, -0.2) is 49.2 Å². The number of carbonyl (C=O) groups is 1. The molecule has 1 aliphatic rings. The van der Waals surface area contributed by atoms with Crippen molar-refractivity contribution in [3.8, 4) is 0 Å². The Bertz CT molecular complexity index is 277. The van der Waals surface area contributed by atoms with Crippen LogP contribution in [0.5, 0.6) is 0 Å². The van der Waals surface area contributed by atoms with E-state index in [1.165, 1.54) is 20.0 Å². The molecule has 4 nitrogen and oxygen atoms in total. The number of ether oxygens (including phenoxy) is 1. The molecule has 1 unspecified atom stereocenters. The smallest absolute Gasteiger partial charge is 0.327 e. The molecule has 1 rings (SSSR count). The van der Waals surface area contributed by atoms with Crippen molar-refractivity contribution in [2.75, 3.05) is 26.7 Å².